The number of pyridine rings is 9. The minimum atomic E-state index is 0. The average Bonchev–Trinajstić information content (AvgIpc) is 1.77. The second-order valence-electron chi connectivity index (χ2n) is 35.1. The van der Waals surface area contributed by atoms with E-state index < -0.39 is 0 Å². The Labute approximate surface area is 882 Å². The molecule has 30 heteroatoms. The first-order valence-corrected chi connectivity index (χ1v) is 47.6. The zero-order chi connectivity index (χ0) is 95.5. The monoisotopic (exact) mass is 2570 g/mol. The van der Waals surface area contributed by atoms with Gasteiger partial charge in [-0.1, -0.05) is 81.3 Å². The van der Waals surface area contributed by atoms with Crippen LogP contribution in [0.3, 0.4) is 0 Å². The van der Waals surface area contributed by atoms with Gasteiger partial charge >= 0.3 is 0 Å². The van der Waals surface area contributed by atoms with Gasteiger partial charge in [0, 0.05) is 343 Å². The van der Waals surface area contributed by atoms with Crippen molar-refractivity contribution in [2.45, 2.75) is 173 Å². The first-order valence-electron chi connectivity index (χ1n) is 47.6. The van der Waals surface area contributed by atoms with Crippen LogP contribution in [0.25, 0.3) is 58.0 Å². The summed E-state index contributed by atoms with van der Waals surface area (Å²) in [6.07, 6.45) is 78.2. The maximum Gasteiger partial charge on any atom is 0.176 e. The minimum absolute atomic E-state index is 0. The van der Waals surface area contributed by atoms with Gasteiger partial charge in [0.25, 0.3) is 0 Å². The molecule has 18 rings (SSSR count). The molecule has 7 unspecified atom stereocenters. The average molecular weight is 2570 g/mol. The molecule has 0 spiro atoms. The predicted octanol–water partition coefficient (Wildman–Crippen LogP) is 19.4. The smallest absolute Gasteiger partial charge is 0.176 e. The maximum absolute atomic E-state index is 4.70. The Kier molecular flexibility index (Phi) is 45.8. The molecule has 140 heavy (non-hydrogen) atoms. The van der Waals surface area contributed by atoms with Gasteiger partial charge in [-0.3, -0.25) is 29.9 Å². The molecule has 0 amide bonds. The second kappa shape index (κ2) is 57.5. The zero-order valence-corrected chi connectivity index (χ0v) is 93.9. The largest absolute Gasteiger partial charge is 0.339 e. The Balaban J connectivity index is 0.000000208. The number of unbranched alkanes of at least 4 members (excludes halogenated alkanes) is 2. The van der Waals surface area contributed by atoms with Crippen LogP contribution in [0.15, 0.2) is 325 Å². The molecule has 17 aromatic rings. The summed E-state index contributed by atoms with van der Waals surface area (Å²) in [5, 5.41) is 0. The van der Waals surface area contributed by atoms with Crippen LogP contribution < -0.4 is 18.3 Å². The van der Waals surface area contributed by atoms with Crippen molar-refractivity contribution in [1.29, 1.82) is 0 Å². The number of nitrogens with zero attached hydrogens (tertiary/aromatic N) is 26. The van der Waals surface area contributed by atoms with Crippen molar-refractivity contribution in [2.75, 3.05) is 0 Å². The van der Waals surface area contributed by atoms with Crippen LogP contribution in [0.4, 0.5) is 0 Å². The number of hydrogen-bond donors (Lipinski definition) is 0. The Hall–Kier alpha value is -12.2. The van der Waals surface area contributed by atoms with Gasteiger partial charge in [0.2, 0.25) is 0 Å². The van der Waals surface area contributed by atoms with Gasteiger partial charge in [0.05, 0.1) is 47.6 Å². The number of hydrogen-bond acceptors (Lipinski definition) is 14. The number of rotatable bonds is 34. The summed E-state index contributed by atoms with van der Waals surface area (Å²) in [6.45, 7) is 13.4. The summed E-state index contributed by atoms with van der Waals surface area (Å²) >= 11 is 0. The predicted molar refractivity (Wildman–Crippen MR) is 537 cm³/mol. The summed E-state index contributed by atoms with van der Waals surface area (Å²) in [6, 6.07) is 43.6. The van der Waals surface area contributed by atoms with E-state index >= 15 is 0 Å². The van der Waals surface area contributed by atoms with Crippen molar-refractivity contribution < 1.29 is 100.0 Å². The van der Waals surface area contributed by atoms with Gasteiger partial charge in [-0.15, -0.1) is 0 Å². The molecule has 0 aromatic carbocycles. The molecule has 0 radical (unpaired) electrons. The molecule has 0 bridgehead atoms. The molecule has 17 aromatic heterocycles. The third-order valence-electron chi connectivity index (χ3n) is 25.6. The van der Waals surface area contributed by atoms with Crippen molar-refractivity contribution in [2.24, 2.45) is 67.3 Å². The fourth-order valence-electron chi connectivity index (χ4n) is 17.6. The number of allylic oxidation sites excluding steroid dienone is 1. The van der Waals surface area contributed by atoms with Gasteiger partial charge in [-0.25, -0.2) is 49.0 Å². The van der Waals surface area contributed by atoms with Crippen LogP contribution in [-0.2, 0) is 158 Å². The fourth-order valence-corrected chi connectivity index (χ4v) is 17.6. The molecular formula is C110H134N26Os2W2+2. The Morgan fingerprint density at radius 3 is 0.957 bits per heavy atom. The molecule has 0 saturated carbocycles. The third kappa shape index (κ3) is 31.9. The molecule has 0 aliphatic carbocycles. The van der Waals surface area contributed by atoms with Crippen LogP contribution in [0, 0.1) is 26.9 Å². The van der Waals surface area contributed by atoms with Crippen molar-refractivity contribution >= 4 is 5.71 Å². The Morgan fingerprint density at radius 1 is 0.321 bits per heavy atom. The van der Waals surface area contributed by atoms with E-state index in [0.717, 1.165) is 178 Å². The van der Waals surface area contributed by atoms with E-state index in [2.05, 4.69) is 268 Å². The number of aromatic nitrogens is 25. The second-order valence-corrected chi connectivity index (χ2v) is 35.1. The first kappa shape index (κ1) is 111. The molecule has 1 aliphatic heterocycles. The molecule has 0 fully saturated rings. The van der Waals surface area contributed by atoms with Crippen LogP contribution in [-0.4, -0.2) is 107 Å². The minimum Gasteiger partial charge on any atom is -0.339 e. The molecule has 0 N–H and O–H groups in total. The van der Waals surface area contributed by atoms with Crippen molar-refractivity contribution in [3.63, 3.8) is 0 Å². The van der Waals surface area contributed by atoms with Crippen LogP contribution in [0.1, 0.15) is 197 Å². The van der Waals surface area contributed by atoms with E-state index in [9.17, 15) is 0 Å². The van der Waals surface area contributed by atoms with Gasteiger partial charge in [-0.05, 0) is 208 Å². The van der Waals surface area contributed by atoms with Gasteiger partial charge in [-0.2, -0.15) is 0 Å². The van der Waals surface area contributed by atoms with E-state index in [1.807, 2.05) is 226 Å². The number of aliphatic imine (C=N–C) groups is 1. The van der Waals surface area contributed by atoms with E-state index in [4.69, 9.17) is 4.98 Å². The van der Waals surface area contributed by atoms with Crippen molar-refractivity contribution in [3.8, 4) is 58.0 Å². The van der Waals surface area contributed by atoms with E-state index in [1.165, 1.54) is 38.9 Å². The Morgan fingerprint density at radius 2 is 0.643 bits per heavy atom. The molecule has 730 valence electrons. The third-order valence-corrected chi connectivity index (χ3v) is 25.6. The summed E-state index contributed by atoms with van der Waals surface area (Å²) < 4.78 is 24.0. The van der Waals surface area contributed by atoms with Gasteiger partial charge in [0.15, 0.2) is 71.4 Å². The summed E-state index contributed by atoms with van der Waals surface area (Å²) in [7, 11) is 23.6. The van der Waals surface area contributed by atoms with Crippen molar-refractivity contribution in [3.05, 3.63) is 384 Å². The van der Waals surface area contributed by atoms with Gasteiger partial charge < -0.3 is 45.7 Å². The van der Waals surface area contributed by atoms with E-state index in [0.29, 0.717) is 41.4 Å². The Bertz CT molecular complexity index is 6000. The summed E-state index contributed by atoms with van der Waals surface area (Å²) in [5.41, 5.74) is 14.8. The molecule has 0 saturated heterocycles. The standard InChI is InChI=1S/C39H48N5.C39H46N5.4C8H10N4.2Os.2W/c1-5-31(34-16-24-43(4)25-17-34)28-37(33-13-20-40-21-14-33)29-32(6-2)35-18-26-44(27-19-35)23-8-7-11-36-15-22-41-39(36)38-12-9-10-30(3)42-38;1-4-32(35-15-24-43(3)25-16-35)29-37(34-13-20-40-21-14-34)30-33(5-2)36-17-26-44(27-18-36)23-9-7-10-31-12-22-42-39(28-31)38-11-6-8-19-41-38;4*1-11-5-3-9-7(11)8-10-4-6-12(8)2;;;;/h9-10,12-22,24-27,31-32,36-37H,4-8,11,23,28-29H2,1-3H3;6,8,11-22,24-28,32-33,37H,3-5,7,9-10,23,29-30H2,1-2H3;4*3-6H,1-2H3;;;;/q2*+1;;;;;;;;. The molecule has 7 atom stereocenters. The first-order chi connectivity index (χ1) is 66.3. The maximum atomic E-state index is 4.70. The fraction of sp³-hybridized carbons (Fsp3) is 0.327. The quantitative estimate of drug-likeness (QED) is 0.0208. The molecule has 26 nitrogen and oxygen atoms in total. The SMILES string of the molecule is Cn1ccnc1-c1nccn1C.Cn1ccnc1-c1nccn1C.Cn1ccnc1-c1nccn1C.Cn1ccnc1-c1nccn1C.[CH2-][n+]1ccc(C(CC)CC(CC(CC)c2cc[n+](CCCCC3C=CN=C3c3cccc(C)n3)cc2)c2ccncc2)cc1.[CH2-][n+]1ccc(C(CC)CC(CC(CC)c2cc[n+](CCCCc3ccnc(-c4ccccn4)c3)cc2)c2ccncc2)cc1.[Os].[Os].[W].[W]. The number of aryl methyl sites for hydroxylation is 12. The molecule has 18 heterocycles. The van der Waals surface area contributed by atoms with Crippen LogP contribution in [0.2, 0.25) is 0 Å². The zero-order valence-electron chi connectivity index (χ0n) is 82.9. The van der Waals surface area contributed by atoms with Crippen molar-refractivity contribution in [1.82, 2.24) is 101 Å². The topological polar surface area (TPSA) is 235 Å². The summed E-state index contributed by atoms with van der Waals surface area (Å²) in [4.78, 5) is 60.5. The van der Waals surface area contributed by atoms with E-state index in [-0.39, 0.29) is 81.7 Å². The number of imidazole rings is 8. The normalized spacial score (nSPS) is 12.9. The summed E-state index contributed by atoms with van der Waals surface area (Å²) in [5.74, 6) is 10.5. The van der Waals surface area contributed by atoms with Crippen LogP contribution >= 0.6 is 0 Å². The van der Waals surface area contributed by atoms with E-state index in [1.54, 1.807) is 49.6 Å². The molecule has 1 aliphatic rings. The van der Waals surface area contributed by atoms with Crippen LogP contribution in [0.5, 0.6) is 0 Å². The molecular weight excluding hydrogens is 2430 g/mol. The van der Waals surface area contributed by atoms with Gasteiger partial charge in [0.1, 0.15) is 13.1 Å².